The zero-order valence-electron chi connectivity index (χ0n) is 20.9. The molecule has 194 valence electrons. The highest BCUT2D eigenvalue weighted by atomic mass is 35.5. The highest BCUT2D eigenvalue weighted by Crippen LogP contribution is 2.44. The summed E-state index contributed by atoms with van der Waals surface area (Å²) in [5.74, 6) is -0.847. The molecule has 1 aliphatic rings. The molecule has 0 spiro atoms. The van der Waals surface area contributed by atoms with E-state index in [4.69, 9.17) is 37.4 Å². The van der Waals surface area contributed by atoms with Crippen molar-refractivity contribution in [3.63, 3.8) is 0 Å². The molecule has 0 saturated carbocycles. The number of ketones is 1. The van der Waals surface area contributed by atoms with Gasteiger partial charge in [0.2, 0.25) is 0 Å². The molecule has 1 fully saturated rings. The number of hydrogen-bond acceptors (Lipinski definition) is 7. The predicted octanol–water partition coefficient (Wildman–Crippen LogP) is 4.78. The van der Waals surface area contributed by atoms with Crippen LogP contribution in [0.15, 0.2) is 35.9 Å². The minimum absolute atomic E-state index is 0.0954. The fraction of sp³-hybridized carbons (Fsp3) is 0.385. The van der Waals surface area contributed by atoms with Crippen LogP contribution in [0.25, 0.3) is 5.76 Å². The molecule has 0 bridgehead atoms. The summed E-state index contributed by atoms with van der Waals surface area (Å²) in [6, 6.07) is 7.20. The third kappa shape index (κ3) is 5.56. The lowest BCUT2D eigenvalue weighted by Gasteiger charge is -2.27. The van der Waals surface area contributed by atoms with Crippen LogP contribution in [0.5, 0.6) is 17.2 Å². The van der Waals surface area contributed by atoms with Crippen molar-refractivity contribution in [3.05, 3.63) is 57.1 Å². The summed E-state index contributed by atoms with van der Waals surface area (Å²) < 4.78 is 16.7. The van der Waals surface area contributed by atoms with E-state index in [1.54, 1.807) is 18.2 Å². The second-order valence-electron chi connectivity index (χ2n) is 8.52. The van der Waals surface area contributed by atoms with Gasteiger partial charge in [-0.05, 0) is 50.3 Å². The predicted molar refractivity (Wildman–Crippen MR) is 139 cm³/mol. The molecule has 10 heteroatoms. The Labute approximate surface area is 220 Å². The maximum absolute atomic E-state index is 13.3. The fourth-order valence-electron chi connectivity index (χ4n) is 4.04. The van der Waals surface area contributed by atoms with Crippen LogP contribution < -0.4 is 14.2 Å². The van der Waals surface area contributed by atoms with Gasteiger partial charge in [0.15, 0.2) is 11.5 Å². The standard InChI is InChI=1S/C26H30Cl2N2O6/c1-6-11-36-20-12-15(7-8-19(20)34-4)22-21(24(32)26(33)30(22)10-9-29(2)3)23(31)17-13-16(27)14-18(28)25(17)35-5/h7-8,12-14,22,31H,6,9-11H2,1-5H3/b23-21+. The molecule has 1 atom stereocenters. The Hall–Kier alpha value is -2.94. The van der Waals surface area contributed by atoms with Crippen molar-refractivity contribution in [2.45, 2.75) is 19.4 Å². The van der Waals surface area contributed by atoms with Crippen LogP contribution in [-0.2, 0) is 9.59 Å². The van der Waals surface area contributed by atoms with E-state index >= 15 is 0 Å². The smallest absolute Gasteiger partial charge is 0.295 e. The zero-order chi connectivity index (χ0) is 26.6. The van der Waals surface area contributed by atoms with Gasteiger partial charge in [-0.15, -0.1) is 0 Å². The van der Waals surface area contributed by atoms with Crippen molar-refractivity contribution < 1.29 is 28.9 Å². The Balaban J connectivity index is 2.26. The number of amides is 1. The molecule has 1 heterocycles. The quantitative estimate of drug-likeness (QED) is 0.265. The molecule has 8 nitrogen and oxygen atoms in total. The largest absolute Gasteiger partial charge is 0.507 e. The summed E-state index contributed by atoms with van der Waals surface area (Å²) in [7, 11) is 6.66. The van der Waals surface area contributed by atoms with Gasteiger partial charge in [0, 0.05) is 18.1 Å². The van der Waals surface area contributed by atoms with Gasteiger partial charge < -0.3 is 29.1 Å². The summed E-state index contributed by atoms with van der Waals surface area (Å²) >= 11 is 12.5. The summed E-state index contributed by atoms with van der Waals surface area (Å²) in [5.41, 5.74) is 0.595. The second-order valence-corrected chi connectivity index (χ2v) is 9.37. The molecule has 0 radical (unpaired) electrons. The topological polar surface area (TPSA) is 88.5 Å². The first-order valence-corrected chi connectivity index (χ1v) is 12.2. The summed E-state index contributed by atoms with van der Waals surface area (Å²) in [6.07, 6.45) is 0.782. The first kappa shape index (κ1) is 27.6. The average molecular weight is 537 g/mol. The third-order valence-electron chi connectivity index (χ3n) is 5.76. The van der Waals surface area contributed by atoms with E-state index < -0.39 is 23.5 Å². The summed E-state index contributed by atoms with van der Waals surface area (Å²) in [6.45, 7) is 3.20. The first-order chi connectivity index (χ1) is 17.1. The molecule has 1 amide bonds. The SMILES string of the molecule is CCCOc1cc(C2/C(=C(\O)c3cc(Cl)cc(Cl)c3OC)C(=O)C(=O)N2CCN(C)C)ccc1OC. The van der Waals surface area contributed by atoms with Crippen LogP contribution in [0, 0.1) is 0 Å². The number of carbonyl (C=O) groups is 2. The lowest BCUT2D eigenvalue weighted by atomic mass is 9.94. The van der Waals surface area contributed by atoms with Crippen molar-refractivity contribution in [2.75, 3.05) is 48.0 Å². The summed E-state index contributed by atoms with van der Waals surface area (Å²) in [4.78, 5) is 29.9. The number of likely N-dealkylation sites (tertiary alicyclic amines) is 1. The van der Waals surface area contributed by atoms with Crippen LogP contribution in [0.2, 0.25) is 10.0 Å². The average Bonchev–Trinajstić information content (AvgIpc) is 3.09. The molecule has 2 aromatic rings. The number of aliphatic hydroxyl groups excluding tert-OH is 1. The number of benzene rings is 2. The van der Waals surface area contributed by atoms with Crippen molar-refractivity contribution in [1.82, 2.24) is 9.80 Å². The number of likely N-dealkylation sites (N-methyl/N-ethyl adjacent to an activating group) is 1. The molecule has 1 aliphatic heterocycles. The van der Waals surface area contributed by atoms with Gasteiger partial charge in [0.1, 0.15) is 11.5 Å². The van der Waals surface area contributed by atoms with E-state index in [1.165, 1.54) is 31.3 Å². The molecular weight excluding hydrogens is 507 g/mol. The number of aliphatic hydroxyl groups is 1. The number of rotatable bonds is 10. The number of nitrogens with zero attached hydrogens (tertiary/aromatic N) is 2. The van der Waals surface area contributed by atoms with Gasteiger partial charge in [-0.2, -0.15) is 0 Å². The van der Waals surface area contributed by atoms with Gasteiger partial charge in [-0.25, -0.2) is 0 Å². The minimum Gasteiger partial charge on any atom is -0.507 e. The lowest BCUT2D eigenvalue weighted by Crippen LogP contribution is -2.35. The molecule has 1 saturated heterocycles. The third-order valence-corrected chi connectivity index (χ3v) is 6.26. The maximum atomic E-state index is 13.3. The fourth-order valence-corrected chi connectivity index (χ4v) is 4.61. The highest BCUT2D eigenvalue weighted by Gasteiger charge is 2.46. The molecule has 1 N–H and O–H groups in total. The monoisotopic (exact) mass is 536 g/mol. The van der Waals surface area contributed by atoms with E-state index in [0.29, 0.717) is 30.2 Å². The van der Waals surface area contributed by atoms with Gasteiger partial charge >= 0.3 is 0 Å². The van der Waals surface area contributed by atoms with Crippen molar-refractivity contribution in [1.29, 1.82) is 0 Å². The van der Waals surface area contributed by atoms with E-state index in [1.807, 2.05) is 25.9 Å². The number of Topliss-reactive ketones (excluding diaryl/α,β-unsaturated/α-hetero) is 1. The van der Waals surface area contributed by atoms with E-state index in [0.717, 1.165) is 6.42 Å². The normalized spacial score (nSPS) is 17.1. The Morgan fingerprint density at radius 2 is 1.81 bits per heavy atom. The second kappa shape index (κ2) is 11.9. The molecular formula is C26H30Cl2N2O6. The highest BCUT2D eigenvalue weighted by molar-refractivity contribution is 6.46. The molecule has 1 unspecified atom stereocenters. The van der Waals surface area contributed by atoms with Crippen LogP contribution in [-0.4, -0.2) is 74.6 Å². The Kier molecular flexibility index (Phi) is 9.11. The van der Waals surface area contributed by atoms with E-state index in [-0.39, 0.29) is 33.5 Å². The van der Waals surface area contributed by atoms with E-state index in [2.05, 4.69) is 0 Å². The number of hydrogen-bond donors (Lipinski definition) is 1. The Bertz CT molecular complexity index is 1180. The number of methoxy groups -OCH3 is 2. The molecule has 36 heavy (non-hydrogen) atoms. The first-order valence-electron chi connectivity index (χ1n) is 11.4. The van der Waals surface area contributed by atoms with Crippen LogP contribution in [0.1, 0.15) is 30.5 Å². The Morgan fingerprint density at radius 1 is 1.08 bits per heavy atom. The number of halogens is 2. The van der Waals surface area contributed by atoms with Crippen LogP contribution in [0.3, 0.4) is 0 Å². The zero-order valence-corrected chi connectivity index (χ0v) is 22.4. The molecule has 2 aromatic carbocycles. The molecule has 0 aromatic heterocycles. The minimum atomic E-state index is -0.887. The summed E-state index contributed by atoms with van der Waals surface area (Å²) in [5, 5.41) is 11.8. The van der Waals surface area contributed by atoms with Gasteiger partial charge in [-0.1, -0.05) is 36.2 Å². The lowest BCUT2D eigenvalue weighted by molar-refractivity contribution is -0.140. The van der Waals surface area contributed by atoms with Crippen molar-refractivity contribution in [2.24, 2.45) is 0 Å². The molecule has 3 rings (SSSR count). The molecule has 0 aliphatic carbocycles. The van der Waals surface area contributed by atoms with Crippen molar-refractivity contribution >= 4 is 40.7 Å². The van der Waals surface area contributed by atoms with Gasteiger partial charge in [-0.3, -0.25) is 9.59 Å². The van der Waals surface area contributed by atoms with E-state index in [9.17, 15) is 14.7 Å². The number of ether oxygens (including phenoxy) is 3. The van der Waals surface area contributed by atoms with Crippen molar-refractivity contribution in [3.8, 4) is 17.2 Å². The van der Waals surface area contributed by atoms with Crippen LogP contribution >= 0.6 is 23.2 Å². The van der Waals surface area contributed by atoms with Gasteiger partial charge in [0.25, 0.3) is 11.7 Å². The maximum Gasteiger partial charge on any atom is 0.295 e. The number of carbonyl (C=O) groups excluding carboxylic acids is 2. The Morgan fingerprint density at radius 3 is 2.42 bits per heavy atom. The van der Waals surface area contributed by atoms with Gasteiger partial charge in [0.05, 0.1) is 43.0 Å². The van der Waals surface area contributed by atoms with Crippen LogP contribution in [0.4, 0.5) is 0 Å².